The van der Waals surface area contributed by atoms with Crippen LogP contribution in [-0.2, 0) is 11.3 Å². The summed E-state index contributed by atoms with van der Waals surface area (Å²) < 4.78 is 7.72. The van der Waals surface area contributed by atoms with Crippen molar-refractivity contribution in [2.75, 3.05) is 6.61 Å². The highest BCUT2D eigenvalue weighted by atomic mass is 16.5. The van der Waals surface area contributed by atoms with Crippen molar-refractivity contribution in [2.24, 2.45) is 0 Å². The molecule has 0 spiro atoms. The lowest BCUT2D eigenvalue weighted by Gasteiger charge is -2.14. The van der Waals surface area contributed by atoms with Gasteiger partial charge in [0.25, 0.3) is 0 Å². The Kier molecular flexibility index (Phi) is 3.94. The molecule has 0 aliphatic rings. The van der Waals surface area contributed by atoms with Gasteiger partial charge in [-0.15, -0.1) is 0 Å². The van der Waals surface area contributed by atoms with Crippen molar-refractivity contribution in [3.05, 3.63) is 54.1 Å². The van der Waals surface area contributed by atoms with Crippen LogP contribution >= 0.6 is 0 Å². The molecule has 0 saturated carbocycles. The van der Waals surface area contributed by atoms with Gasteiger partial charge >= 0.3 is 0 Å². The van der Waals surface area contributed by atoms with Gasteiger partial charge in [-0.1, -0.05) is 30.3 Å². The van der Waals surface area contributed by atoms with Crippen LogP contribution in [0, 0.1) is 0 Å². The molecule has 0 fully saturated rings. The molecule has 1 aromatic heterocycles. The quantitative estimate of drug-likeness (QED) is 0.789. The van der Waals surface area contributed by atoms with E-state index in [0.717, 1.165) is 12.4 Å². The van der Waals surface area contributed by atoms with E-state index in [4.69, 9.17) is 4.74 Å². The highest BCUT2D eigenvalue weighted by molar-refractivity contribution is 5.16. The van der Waals surface area contributed by atoms with Crippen LogP contribution in [0.5, 0.6) is 0 Å². The zero-order valence-electron chi connectivity index (χ0n) is 10.3. The van der Waals surface area contributed by atoms with E-state index in [1.807, 2.05) is 32.3 Å². The molecule has 90 valence electrons. The van der Waals surface area contributed by atoms with Crippen LogP contribution in [0.1, 0.15) is 31.3 Å². The van der Waals surface area contributed by atoms with Crippen molar-refractivity contribution in [3.8, 4) is 0 Å². The van der Waals surface area contributed by atoms with Gasteiger partial charge < -0.3 is 9.30 Å². The first-order valence-corrected chi connectivity index (χ1v) is 5.97. The second-order valence-corrected chi connectivity index (χ2v) is 4.00. The molecule has 0 amide bonds. The molecule has 0 radical (unpaired) electrons. The maximum absolute atomic E-state index is 5.58. The van der Waals surface area contributed by atoms with Crippen LogP contribution in [0.4, 0.5) is 0 Å². The number of imidazole rings is 1. The maximum Gasteiger partial charge on any atom is 0.137 e. The molecule has 0 bridgehead atoms. The van der Waals surface area contributed by atoms with Crippen LogP contribution < -0.4 is 0 Å². The first-order valence-electron chi connectivity index (χ1n) is 5.97. The average Bonchev–Trinajstić information content (AvgIpc) is 2.79. The second kappa shape index (κ2) is 5.64. The topological polar surface area (TPSA) is 27.1 Å². The van der Waals surface area contributed by atoms with E-state index < -0.39 is 0 Å². The molecule has 0 aliphatic carbocycles. The van der Waals surface area contributed by atoms with Gasteiger partial charge in [0.15, 0.2) is 0 Å². The number of nitrogens with zero attached hydrogens (tertiary/aromatic N) is 2. The average molecular weight is 230 g/mol. The number of hydrogen-bond donors (Lipinski definition) is 0. The van der Waals surface area contributed by atoms with Crippen LogP contribution in [0.2, 0.25) is 0 Å². The van der Waals surface area contributed by atoms with E-state index in [9.17, 15) is 0 Å². The molecule has 2 aromatic rings. The molecule has 17 heavy (non-hydrogen) atoms. The fourth-order valence-electron chi connectivity index (χ4n) is 1.92. The Bertz CT molecular complexity index is 450. The smallest absolute Gasteiger partial charge is 0.137 e. The minimum absolute atomic E-state index is 0.0405. The first kappa shape index (κ1) is 11.9. The third-order valence-electron chi connectivity index (χ3n) is 2.72. The Balaban J connectivity index is 2.14. The third kappa shape index (κ3) is 2.94. The van der Waals surface area contributed by atoms with Gasteiger partial charge in [-0.2, -0.15) is 0 Å². The monoisotopic (exact) mass is 230 g/mol. The van der Waals surface area contributed by atoms with Crippen molar-refractivity contribution < 1.29 is 4.74 Å². The maximum atomic E-state index is 5.58. The van der Waals surface area contributed by atoms with E-state index >= 15 is 0 Å². The van der Waals surface area contributed by atoms with Gasteiger partial charge in [-0.05, 0) is 19.4 Å². The zero-order chi connectivity index (χ0) is 12.1. The Morgan fingerprint density at radius 3 is 2.76 bits per heavy atom. The largest absolute Gasteiger partial charge is 0.371 e. The van der Waals surface area contributed by atoms with Crippen LogP contribution in [-0.4, -0.2) is 16.2 Å². The van der Waals surface area contributed by atoms with Gasteiger partial charge in [0.05, 0.1) is 0 Å². The third-order valence-corrected chi connectivity index (χ3v) is 2.72. The van der Waals surface area contributed by atoms with Crippen molar-refractivity contribution in [2.45, 2.75) is 26.5 Å². The minimum atomic E-state index is 0.0405. The summed E-state index contributed by atoms with van der Waals surface area (Å²) in [7, 11) is 0. The van der Waals surface area contributed by atoms with Crippen molar-refractivity contribution >= 4 is 0 Å². The summed E-state index contributed by atoms with van der Waals surface area (Å²) in [5.74, 6) is 0.982. The molecule has 1 aromatic carbocycles. The van der Waals surface area contributed by atoms with E-state index in [0.29, 0.717) is 6.61 Å². The summed E-state index contributed by atoms with van der Waals surface area (Å²) in [4.78, 5) is 4.37. The predicted octanol–water partition coefficient (Wildman–Crippen LogP) is 3.03. The molecule has 3 nitrogen and oxygen atoms in total. The molecule has 1 atom stereocenters. The van der Waals surface area contributed by atoms with Crippen molar-refractivity contribution in [1.29, 1.82) is 0 Å². The zero-order valence-corrected chi connectivity index (χ0v) is 10.3. The van der Waals surface area contributed by atoms with Crippen molar-refractivity contribution in [3.63, 3.8) is 0 Å². The summed E-state index contributed by atoms with van der Waals surface area (Å²) in [6.07, 6.45) is 3.87. The van der Waals surface area contributed by atoms with E-state index in [-0.39, 0.29) is 6.10 Å². The Labute approximate surface area is 102 Å². The summed E-state index contributed by atoms with van der Waals surface area (Å²) in [5.41, 5.74) is 1.27. The first-order chi connectivity index (χ1) is 8.31. The highest BCUT2D eigenvalue weighted by Gasteiger charge is 2.11. The fourth-order valence-corrected chi connectivity index (χ4v) is 1.92. The standard InChI is InChI=1S/C14H18N2O/c1-3-17-12(2)14-15-9-10-16(14)11-13-7-5-4-6-8-13/h4-10,12H,3,11H2,1-2H3/t12-/m1/s1. The molecule has 3 heteroatoms. The number of rotatable bonds is 5. The second-order valence-electron chi connectivity index (χ2n) is 4.00. The molecule has 0 saturated heterocycles. The van der Waals surface area contributed by atoms with Crippen LogP contribution in [0.25, 0.3) is 0 Å². The number of benzene rings is 1. The molecular weight excluding hydrogens is 212 g/mol. The summed E-state index contributed by atoms with van der Waals surface area (Å²) in [6.45, 7) is 5.58. The summed E-state index contributed by atoms with van der Waals surface area (Å²) in [5, 5.41) is 0. The normalized spacial score (nSPS) is 12.6. The summed E-state index contributed by atoms with van der Waals surface area (Å²) in [6, 6.07) is 10.4. The Hall–Kier alpha value is -1.61. The number of hydrogen-bond acceptors (Lipinski definition) is 2. The van der Waals surface area contributed by atoms with E-state index in [2.05, 4.69) is 33.8 Å². The lowest BCUT2D eigenvalue weighted by atomic mass is 10.2. The SMILES string of the molecule is CCO[C@H](C)c1nccn1Cc1ccccc1. The van der Waals surface area contributed by atoms with Crippen molar-refractivity contribution in [1.82, 2.24) is 9.55 Å². The molecular formula is C14H18N2O. The van der Waals surface area contributed by atoms with Gasteiger partial charge in [0, 0.05) is 25.5 Å². The highest BCUT2D eigenvalue weighted by Crippen LogP contribution is 2.15. The molecule has 2 rings (SSSR count). The van der Waals surface area contributed by atoms with Crippen LogP contribution in [0.3, 0.4) is 0 Å². The van der Waals surface area contributed by atoms with Gasteiger partial charge in [0.1, 0.15) is 11.9 Å². The predicted molar refractivity (Wildman–Crippen MR) is 67.8 cm³/mol. The lowest BCUT2D eigenvalue weighted by molar-refractivity contribution is 0.0677. The Morgan fingerprint density at radius 2 is 2.06 bits per heavy atom. The Morgan fingerprint density at radius 1 is 1.29 bits per heavy atom. The minimum Gasteiger partial charge on any atom is -0.371 e. The van der Waals surface area contributed by atoms with E-state index in [1.165, 1.54) is 5.56 Å². The van der Waals surface area contributed by atoms with E-state index in [1.54, 1.807) is 0 Å². The van der Waals surface area contributed by atoms with Gasteiger partial charge in [-0.3, -0.25) is 0 Å². The number of ether oxygens (including phenoxy) is 1. The summed E-state index contributed by atoms with van der Waals surface area (Å²) >= 11 is 0. The number of aromatic nitrogens is 2. The molecule has 0 unspecified atom stereocenters. The van der Waals surface area contributed by atoms with Gasteiger partial charge in [-0.25, -0.2) is 4.98 Å². The van der Waals surface area contributed by atoms with Crippen LogP contribution in [0.15, 0.2) is 42.7 Å². The molecule has 0 N–H and O–H groups in total. The molecule has 0 aliphatic heterocycles. The fraction of sp³-hybridized carbons (Fsp3) is 0.357. The lowest BCUT2D eigenvalue weighted by Crippen LogP contribution is -2.10. The van der Waals surface area contributed by atoms with Gasteiger partial charge in [0.2, 0.25) is 0 Å². The molecule has 1 heterocycles.